The lowest BCUT2D eigenvalue weighted by Gasteiger charge is -2.25. The third kappa shape index (κ3) is 5.33. The molecule has 0 saturated carbocycles. The maximum absolute atomic E-state index is 14.0. The topological polar surface area (TPSA) is 90.1 Å². The summed E-state index contributed by atoms with van der Waals surface area (Å²) in [5.74, 6) is -0.700. The van der Waals surface area contributed by atoms with Gasteiger partial charge in [0.05, 0.1) is 38.6 Å². The summed E-state index contributed by atoms with van der Waals surface area (Å²) in [6.07, 6.45) is 1.70. The van der Waals surface area contributed by atoms with Crippen LogP contribution >= 0.6 is 33.9 Å². The Hall–Kier alpha value is -3.77. The number of aromatic nitrogens is 1. The minimum atomic E-state index is -0.896. The molecule has 1 aromatic heterocycles. The van der Waals surface area contributed by atoms with Crippen molar-refractivity contribution in [3.05, 3.63) is 118 Å². The molecule has 4 aromatic rings. The first-order valence-electron chi connectivity index (χ1n) is 12.5. The molecule has 3 aromatic carbocycles. The number of rotatable bonds is 7. The van der Waals surface area contributed by atoms with Crippen molar-refractivity contribution in [1.82, 2.24) is 4.57 Å². The van der Waals surface area contributed by atoms with Crippen molar-refractivity contribution in [2.75, 3.05) is 13.2 Å². The first kappa shape index (κ1) is 27.8. The molecule has 7 nitrogen and oxygen atoms in total. The highest BCUT2D eigenvalue weighted by atomic mass is 127. The van der Waals surface area contributed by atoms with E-state index in [0.29, 0.717) is 47.6 Å². The lowest BCUT2D eigenvalue weighted by atomic mass is 9.93. The van der Waals surface area contributed by atoms with E-state index in [2.05, 4.69) is 0 Å². The molecule has 0 fully saturated rings. The lowest BCUT2D eigenvalue weighted by Crippen LogP contribution is -2.40. The van der Waals surface area contributed by atoms with E-state index in [9.17, 15) is 19.1 Å². The quantitative estimate of drug-likeness (QED) is 0.226. The van der Waals surface area contributed by atoms with Gasteiger partial charge in [0.15, 0.2) is 16.3 Å². The van der Waals surface area contributed by atoms with Crippen molar-refractivity contribution in [2.24, 2.45) is 4.99 Å². The summed E-state index contributed by atoms with van der Waals surface area (Å²) < 4.78 is 27.3. The summed E-state index contributed by atoms with van der Waals surface area (Å²) in [4.78, 5) is 32.6. The van der Waals surface area contributed by atoms with Crippen LogP contribution in [0, 0.1) is 9.39 Å². The lowest BCUT2D eigenvalue weighted by molar-refractivity contribution is -0.138. The number of benzene rings is 3. The van der Waals surface area contributed by atoms with E-state index in [4.69, 9.17) is 14.5 Å². The predicted octanol–water partition coefficient (Wildman–Crippen LogP) is 4.78. The summed E-state index contributed by atoms with van der Waals surface area (Å²) in [5, 5.41) is 10.3. The molecule has 10 heteroatoms. The van der Waals surface area contributed by atoms with E-state index in [-0.39, 0.29) is 23.5 Å². The second-order valence-corrected chi connectivity index (χ2v) is 10.9. The maximum Gasteiger partial charge on any atom is 0.338 e. The molecule has 0 radical (unpaired) electrons. The van der Waals surface area contributed by atoms with Crippen LogP contribution in [0.3, 0.4) is 0 Å². The number of nitrogens with zero attached hydrogens (tertiary/aromatic N) is 2. The van der Waals surface area contributed by atoms with Crippen LogP contribution in [0.1, 0.15) is 36.6 Å². The van der Waals surface area contributed by atoms with Crippen molar-refractivity contribution in [3.63, 3.8) is 0 Å². The van der Waals surface area contributed by atoms with Crippen LogP contribution in [-0.4, -0.2) is 28.9 Å². The van der Waals surface area contributed by atoms with Gasteiger partial charge in [-0.2, -0.15) is 0 Å². The molecule has 0 bridgehead atoms. The molecule has 204 valence electrons. The molecule has 0 amide bonds. The van der Waals surface area contributed by atoms with Crippen LogP contribution in [-0.2, 0) is 9.53 Å². The monoisotopic (exact) mass is 670 g/mol. The summed E-state index contributed by atoms with van der Waals surface area (Å²) in [5.41, 5.74) is 2.09. The number of aromatic hydroxyl groups is 1. The second-order valence-electron chi connectivity index (χ2n) is 8.77. The number of phenols is 1. The summed E-state index contributed by atoms with van der Waals surface area (Å²) in [6.45, 7) is 4.02. The second kappa shape index (κ2) is 11.8. The van der Waals surface area contributed by atoms with Gasteiger partial charge in [0.2, 0.25) is 0 Å². The zero-order chi connectivity index (χ0) is 28.4. The van der Waals surface area contributed by atoms with Gasteiger partial charge in [-0.15, -0.1) is 0 Å². The Morgan fingerprint density at radius 2 is 1.85 bits per heavy atom. The smallest absolute Gasteiger partial charge is 0.338 e. The van der Waals surface area contributed by atoms with Crippen molar-refractivity contribution < 1.29 is 23.8 Å². The van der Waals surface area contributed by atoms with E-state index in [1.807, 2.05) is 59.8 Å². The van der Waals surface area contributed by atoms with Crippen molar-refractivity contribution in [3.8, 4) is 11.5 Å². The fraction of sp³-hybridized carbons (Fsp3) is 0.167. The van der Waals surface area contributed by atoms with Crippen molar-refractivity contribution in [2.45, 2.75) is 19.9 Å². The van der Waals surface area contributed by atoms with Gasteiger partial charge in [-0.3, -0.25) is 9.36 Å². The van der Waals surface area contributed by atoms with Crippen LogP contribution in [0.5, 0.6) is 11.5 Å². The average molecular weight is 671 g/mol. The Bertz CT molecular complexity index is 1800. The fourth-order valence-corrected chi connectivity index (χ4v) is 6.12. The number of halogens is 2. The zero-order valence-corrected chi connectivity index (χ0v) is 24.5. The Kier molecular flexibility index (Phi) is 8.17. The molecule has 0 aliphatic carbocycles. The van der Waals surface area contributed by atoms with Gasteiger partial charge in [-0.05, 0) is 77.9 Å². The number of phenolic OH excluding ortho intramolecular Hbond substituents is 1. The summed E-state index contributed by atoms with van der Waals surface area (Å²) in [6, 6.07) is 17.4. The van der Waals surface area contributed by atoms with Crippen LogP contribution in [0.25, 0.3) is 11.8 Å². The number of thiazole rings is 1. The molecule has 40 heavy (non-hydrogen) atoms. The molecule has 0 unspecified atom stereocenters. The Balaban J connectivity index is 1.80. The molecule has 0 saturated heterocycles. The number of ether oxygens (including phenoxy) is 2. The van der Waals surface area contributed by atoms with Gasteiger partial charge in [0, 0.05) is 5.56 Å². The molecular weight excluding hydrogens is 646 g/mol. The van der Waals surface area contributed by atoms with Gasteiger partial charge in [0.1, 0.15) is 5.82 Å². The number of carbonyl (C=O) groups is 1. The Morgan fingerprint density at radius 3 is 2.52 bits per heavy atom. The Labute approximate surface area is 246 Å². The van der Waals surface area contributed by atoms with Crippen LogP contribution in [0.15, 0.2) is 82.1 Å². The summed E-state index contributed by atoms with van der Waals surface area (Å²) in [7, 11) is 0. The van der Waals surface area contributed by atoms with E-state index in [1.165, 1.54) is 28.0 Å². The van der Waals surface area contributed by atoms with Gasteiger partial charge in [-0.25, -0.2) is 14.2 Å². The summed E-state index contributed by atoms with van der Waals surface area (Å²) >= 11 is 3.18. The highest BCUT2D eigenvalue weighted by Crippen LogP contribution is 2.36. The number of esters is 1. The molecule has 1 aliphatic rings. The largest absolute Gasteiger partial charge is 0.504 e. The number of fused-ring (bicyclic) bond motifs is 1. The van der Waals surface area contributed by atoms with E-state index >= 15 is 0 Å². The molecule has 1 aliphatic heterocycles. The Morgan fingerprint density at radius 1 is 1.12 bits per heavy atom. The van der Waals surface area contributed by atoms with Crippen molar-refractivity contribution >= 4 is 51.7 Å². The van der Waals surface area contributed by atoms with Crippen LogP contribution in [0.4, 0.5) is 4.39 Å². The standard InChI is InChI=1S/C30H24FIN2O5S/c1-3-38-22-15-17(14-21(32)27(22)35)16-23-28(36)34-26(19-10-12-20(31)13-11-19)24(29(37)39-4-2)25(33-30(34)40-23)18-8-6-5-7-9-18/h5-16,26,35H,3-4H2,1-2H3/b23-16-/t26-/m1/s1. The van der Waals surface area contributed by atoms with Gasteiger partial charge in [0.25, 0.3) is 5.56 Å². The number of hydrogen-bond acceptors (Lipinski definition) is 7. The van der Waals surface area contributed by atoms with Gasteiger partial charge >= 0.3 is 5.97 Å². The third-order valence-electron chi connectivity index (χ3n) is 6.21. The average Bonchev–Trinajstić information content (AvgIpc) is 3.26. The normalized spacial score (nSPS) is 15.0. The molecule has 1 N–H and O–H groups in total. The van der Waals surface area contributed by atoms with E-state index < -0.39 is 17.8 Å². The van der Waals surface area contributed by atoms with Crippen LogP contribution in [0.2, 0.25) is 0 Å². The third-order valence-corrected chi connectivity index (χ3v) is 8.01. The molecule has 1 atom stereocenters. The first-order valence-corrected chi connectivity index (χ1v) is 14.4. The minimum Gasteiger partial charge on any atom is -0.504 e. The van der Waals surface area contributed by atoms with Crippen molar-refractivity contribution in [1.29, 1.82) is 0 Å². The van der Waals surface area contributed by atoms with Gasteiger partial charge < -0.3 is 14.6 Å². The number of carbonyl (C=O) groups excluding carboxylic acids is 1. The van der Waals surface area contributed by atoms with Gasteiger partial charge in [-0.1, -0.05) is 53.8 Å². The molecular formula is C30H24FIN2O5S. The van der Waals surface area contributed by atoms with Crippen LogP contribution < -0.4 is 19.6 Å². The molecule has 2 heterocycles. The SMILES string of the molecule is CCOC(=O)C1=C(c2ccccc2)N=c2s/c(=C\c3cc(I)c(O)c(OCC)c3)c(=O)n2[C@@H]1c1ccc(F)cc1. The fourth-order valence-electron chi connectivity index (χ4n) is 4.49. The highest BCUT2D eigenvalue weighted by Gasteiger charge is 2.35. The van der Waals surface area contributed by atoms with E-state index in [1.54, 1.807) is 37.3 Å². The first-order chi connectivity index (χ1) is 19.3. The maximum atomic E-state index is 14.0. The minimum absolute atomic E-state index is 0.0314. The highest BCUT2D eigenvalue weighted by molar-refractivity contribution is 14.1. The predicted molar refractivity (Wildman–Crippen MR) is 159 cm³/mol. The molecule has 0 spiro atoms. The molecule has 5 rings (SSSR count). The number of hydrogen-bond donors (Lipinski definition) is 1. The zero-order valence-electron chi connectivity index (χ0n) is 21.6. The van der Waals surface area contributed by atoms with E-state index in [0.717, 1.165) is 0 Å².